The molecule has 0 aliphatic heterocycles. The number of aryl methyl sites for hydroxylation is 1. The molecule has 0 saturated heterocycles. The second-order valence-electron chi connectivity index (χ2n) is 6.24. The van der Waals surface area contributed by atoms with Crippen molar-refractivity contribution in [2.24, 2.45) is 4.99 Å². The lowest BCUT2D eigenvalue weighted by molar-refractivity contribution is 0.573. The number of guanidine groups is 1. The number of thiophene rings is 1. The Morgan fingerprint density at radius 3 is 2.88 bits per heavy atom. The van der Waals surface area contributed by atoms with Crippen LogP contribution >= 0.6 is 11.3 Å². The summed E-state index contributed by atoms with van der Waals surface area (Å²) >= 11 is 1.62. The Morgan fingerprint density at radius 1 is 1.27 bits per heavy atom. The third-order valence-corrected chi connectivity index (χ3v) is 4.99. The van der Waals surface area contributed by atoms with Gasteiger partial charge in [-0.2, -0.15) is 0 Å². The predicted octanol–water partition coefficient (Wildman–Crippen LogP) is 4.18. The Labute approximate surface area is 158 Å². The van der Waals surface area contributed by atoms with Gasteiger partial charge in [-0.15, -0.1) is 11.3 Å². The van der Waals surface area contributed by atoms with Gasteiger partial charge >= 0.3 is 0 Å². The molecule has 0 bridgehead atoms. The SMILES string of the molecule is CN=C(NCc1coc(-c2cccs2)n1)NCC(C)c1cccc(C)c1. The summed E-state index contributed by atoms with van der Waals surface area (Å²) in [6.45, 7) is 5.70. The van der Waals surface area contributed by atoms with Gasteiger partial charge in [-0.1, -0.05) is 42.8 Å². The largest absolute Gasteiger partial charge is 0.443 e. The normalized spacial score (nSPS) is 12.8. The molecule has 6 heteroatoms. The molecule has 5 nitrogen and oxygen atoms in total. The van der Waals surface area contributed by atoms with Crippen LogP contribution in [0, 0.1) is 6.92 Å². The van der Waals surface area contributed by atoms with E-state index in [0.717, 1.165) is 23.1 Å². The van der Waals surface area contributed by atoms with Gasteiger partial charge in [-0.3, -0.25) is 4.99 Å². The number of rotatable bonds is 6. The highest BCUT2D eigenvalue weighted by atomic mass is 32.1. The van der Waals surface area contributed by atoms with Gasteiger partial charge in [0.1, 0.15) is 6.26 Å². The van der Waals surface area contributed by atoms with Crippen LogP contribution in [0.3, 0.4) is 0 Å². The Morgan fingerprint density at radius 2 is 2.15 bits per heavy atom. The standard InChI is InChI=1S/C20H24N4OS/c1-14-6-4-7-16(10-14)15(2)11-22-20(21-3)23-12-17-13-25-19(24-17)18-8-5-9-26-18/h4-10,13,15H,11-12H2,1-3H3,(H2,21,22,23). The van der Waals surface area contributed by atoms with Gasteiger partial charge in [0.05, 0.1) is 17.1 Å². The zero-order valence-electron chi connectivity index (χ0n) is 15.3. The number of benzene rings is 1. The molecule has 1 atom stereocenters. The zero-order chi connectivity index (χ0) is 18.4. The van der Waals surface area contributed by atoms with Crippen molar-refractivity contribution in [2.75, 3.05) is 13.6 Å². The van der Waals surface area contributed by atoms with Gasteiger partial charge in [-0.25, -0.2) is 4.98 Å². The Balaban J connectivity index is 1.50. The van der Waals surface area contributed by atoms with Gasteiger partial charge in [0.15, 0.2) is 5.96 Å². The van der Waals surface area contributed by atoms with E-state index in [1.165, 1.54) is 11.1 Å². The minimum atomic E-state index is 0.394. The monoisotopic (exact) mass is 368 g/mol. The highest BCUT2D eigenvalue weighted by Crippen LogP contribution is 2.23. The molecule has 0 saturated carbocycles. The fourth-order valence-corrected chi connectivity index (χ4v) is 3.30. The lowest BCUT2D eigenvalue weighted by Crippen LogP contribution is -2.38. The molecule has 2 N–H and O–H groups in total. The van der Waals surface area contributed by atoms with Crippen LogP contribution in [-0.4, -0.2) is 24.5 Å². The topological polar surface area (TPSA) is 62.5 Å². The van der Waals surface area contributed by atoms with Gasteiger partial charge in [0.25, 0.3) is 0 Å². The summed E-state index contributed by atoms with van der Waals surface area (Å²) < 4.78 is 5.54. The third kappa shape index (κ3) is 4.73. The van der Waals surface area contributed by atoms with Crippen molar-refractivity contribution >= 4 is 17.3 Å². The number of nitrogens with one attached hydrogen (secondary N) is 2. The smallest absolute Gasteiger partial charge is 0.236 e. The second-order valence-corrected chi connectivity index (χ2v) is 7.19. The molecule has 3 rings (SSSR count). The fourth-order valence-electron chi connectivity index (χ4n) is 2.64. The first-order valence-electron chi connectivity index (χ1n) is 8.65. The lowest BCUT2D eigenvalue weighted by Gasteiger charge is -2.16. The summed E-state index contributed by atoms with van der Waals surface area (Å²) in [5.74, 6) is 1.81. The first-order chi connectivity index (χ1) is 12.7. The fraction of sp³-hybridized carbons (Fsp3) is 0.300. The van der Waals surface area contributed by atoms with E-state index in [2.05, 4.69) is 58.7 Å². The number of aromatic nitrogens is 1. The molecule has 0 radical (unpaired) electrons. The maximum atomic E-state index is 5.54. The van der Waals surface area contributed by atoms with E-state index in [9.17, 15) is 0 Å². The molecule has 26 heavy (non-hydrogen) atoms. The number of nitrogens with zero attached hydrogens (tertiary/aromatic N) is 2. The maximum absolute atomic E-state index is 5.54. The molecular weight excluding hydrogens is 344 g/mol. The average Bonchev–Trinajstić information content (AvgIpc) is 3.33. The highest BCUT2D eigenvalue weighted by molar-refractivity contribution is 7.13. The van der Waals surface area contributed by atoms with Crippen LogP contribution in [0.25, 0.3) is 10.8 Å². The van der Waals surface area contributed by atoms with Crippen LogP contribution in [0.15, 0.2) is 57.5 Å². The van der Waals surface area contributed by atoms with E-state index in [1.807, 2.05) is 17.5 Å². The van der Waals surface area contributed by atoms with Crippen molar-refractivity contribution in [3.63, 3.8) is 0 Å². The van der Waals surface area contributed by atoms with Crippen LogP contribution in [-0.2, 0) is 6.54 Å². The summed E-state index contributed by atoms with van der Waals surface area (Å²) in [7, 11) is 1.77. The quantitative estimate of drug-likeness (QED) is 0.506. The summed E-state index contributed by atoms with van der Waals surface area (Å²) in [6, 6.07) is 12.6. The highest BCUT2D eigenvalue weighted by Gasteiger charge is 2.09. The molecule has 2 aromatic heterocycles. The first-order valence-corrected chi connectivity index (χ1v) is 9.53. The minimum absolute atomic E-state index is 0.394. The molecule has 3 aromatic rings. The van der Waals surface area contributed by atoms with E-state index >= 15 is 0 Å². The summed E-state index contributed by atoms with van der Waals surface area (Å²) in [6.07, 6.45) is 1.69. The number of oxazole rings is 1. The van der Waals surface area contributed by atoms with Crippen molar-refractivity contribution in [3.8, 4) is 10.8 Å². The number of hydrogen-bond acceptors (Lipinski definition) is 4. The van der Waals surface area contributed by atoms with Gasteiger partial charge in [0.2, 0.25) is 5.89 Å². The van der Waals surface area contributed by atoms with Crippen molar-refractivity contribution in [3.05, 3.63) is 64.9 Å². The van der Waals surface area contributed by atoms with Crippen molar-refractivity contribution in [1.82, 2.24) is 15.6 Å². The summed E-state index contributed by atoms with van der Waals surface area (Å²) in [4.78, 5) is 9.82. The summed E-state index contributed by atoms with van der Waals surface area (Å²) in [5.41, 5.74) is 3.46. The molecule has 0 aliphatic rings. The van der Waals surface area contributed by atoms with Crippen molar-refractivity contribution < 1.29 is 4.42 Å². The number of aliphatic imine (C=N–C) groups is 1. The zero-order valence-corrected chi connectivity index (χ0v) is 16.1. The Bertz CT molecular complexity index is 854. The molecule has 0 amide bonds. The number of hydrogen-bond donors (Lipinski definition) is 2. The Hall–Kier alpha value is -2.60. The lowest BCUT2D eigenvalue weighted by atomic mass is 9.99. The molecule has 136 valence electrons. The molecule has 0 spiro atoms. The third-order valence-electron chi connectivity index (χ3n) is 4.13. The van der Waals surface area contributed by atoms with E-state index < -0.39 is 0 Å². The molecule has 0 aliphatic carbocycles. The van der Waals surface area contributed by atoms with Crippen LogP contribution in [0.1, 0.15) is 29.7 Å². The minimum Gasteiger partial charge on any atom is -0.443 e. The predicted molar refractivity (Wildman–Crippen MR) is 108 cm³/mol. The van der Waals surface area contributed by atoms with Gasteiger partial charge in [0, 0.05) is 13.6 Å². The second kappa shape index (κ2) is 8.67. The maximum Gasteiger partial charge on any atom is 0.236 e. The Kier molecular flexibility index (Phi) is 6.07. The average molecular weight is 369 g/mol. The van der Waals surface area contributed by atoms with E-state index in [-0.39, 0.29) is 0 Å². The van der Waals surface area contributed by atoms with Crippen LogP contribution in [0.2, 0.25) is 0 Å². The molecule has 2 heterocycles. The molecule has 0 fully saturated rings. The van der Waals surface area contributed by atoms with E-state index in [0.29, 0.717) is 18.4 Å². The van der Waals surface area contributed by atoms with Crippen LogP contribution < -0.4 is 10.6 Å². The summed E-state index contributed by atoms with van der Waals surface area (Å²) in [5, 5.41) is 8.67. The van der Waals surface area contributed by atoms with Crippen LogP contribution in [0.5, 0.6) is 0 Å². The van der Waals surface area contributed by atoms with Gasteiger partial charge < -0.3 is 15.1 Å². The van der Waals surface area contributed by atoms with E-state index in [4.69, 9.17) is 4.42 Å². The van der Waals surface area contributed by atoms with Gasteiger partial charge in [-0.05, 0) is 29.9 Å². The van der Waals surface area contributed by atoms with Crippen molar-refractivity contribution in [1.29, 1.82) is 0 Å². The first kappa shape index (κ1) is 18.2. The molecule has 1 aromatic carbocycles. The van der Waals surface area contributed by atoms with Crippen molar-refractivity contribution in [2.45, 2.75) is 26.3 Å². The van der Waals surface area contributed by atoms with Crippen LogP contribution in [0.4, 0.5) is 0 Å². The molecule has 1 unspecified atom stereocenters. The van der Waals surface area contributed by atoms with E-state index in [1.54, 1.807) is 24.6 Å². The molecular formula is C20H24N4OS.